The van der Waals surface area contributed by atoms with E-state index in [9.17, 15) is 3.83 Å². The number of rotatable bonds is 2. The van der Waals surface area contributed by atoms with Crippen LogP contribution in [0.25, 0.3) is 0 Å². The van der Waals surface area contributed by atoms with Crippen LogP contribution in [0.4, 0.5) is 0 Å². The van der Waals surface area contributed by atoms with E-state index in [2.05, 4.69) is 7.64 Å². The molecule has 0 heterocycles. The Morgan fingerprint density at radius 3 is 1.67 bits per heavy atom. The third-order valence-electron chi connectivity index (χ3n) is 0.272. The third-order valence-corrected chi connectivity index (χ3v) is 1.41. The predicted molar refractivity (Wildman–Crippen MR) is 20.5 cm³/mol. The fraction of sp³-hybridized carbons (Fsp3) is 1.00. The van der Waals surface area contributed by atoms with E-state index in [-0.39, 0.29) is 0 Å². The Kier molecular flexibility index (Phi) is 3.57. The Hall–Kier alpha value is 0.239. The van der Waals surface area contributed by atoms with E-state index in [4.69, 9.17) is 0 Å². The van der Waals surface area contributed by atoms with Crippen LogP contribution in [0.3, 0.4) is 0 Å². The SMILES string of the molecule is CO[Se](=O)OC. The monoisotopic (exact) mass is 158 g/mol. The van der Waals surface area contributed by atoms with Crippen molar-refractivity contribution >= 4 is 14.5 Å². The molecule has 0 spiro atoms. The van der Waals surface area contributed by atoms with Crippen molar-refractivity contribution in [2.45, 2.75) is 0 Å². The summed E-state index contributed by atoms with van der Waals surface area (Å²) in [6.07, 6.45) is 0. The van der Waals surface area contributed by atoms with Gasteiger partial charge in [-0.2, -0.15) is 0 Å². The zero-order valence-corrected chi connectivity index (χ0v) is 5.35. The van der Waals surface area contributed by atoms with Gasteiger partial charge in [0.1, 0.15) is 0 Å². The topological polar surface area (TPSA) is 35.5 Å². The first-order valence-corrected chi connectivity index (χ1v) is 3.41. The van der Waals surface area contributed by atoms with Gasteiger partial charge in [-0.3, -0.25) is 0 Å². The van der Waals surface area contributed by atoms with Crippen molar-refractivity contribution in [3.05, 3.63) is 0 Å². The van der Waals surface area contributed by atoms with Crippen molar-refractivity contribution in [2.24, 2.45) is 0 Å². The maximum atomic E-state index is 9.94. The van der Waals surface area contributed by atoms with Gasteiger partial charge in [-0.05, 0) is 0 Å². The first-order valence-electron chi connectivity index (χ1n) is 1.32. The Morgan fingerprint density at radius 2 is 1.67 bits per heavy atom. The maximum absolute atomic E-state index is 9.94. The molecule has 0 atom stereocenters. The van der Waals surface area contributed by atoms with Crippen molar-refractivity contribution < 1.29 is 11.5 Å². The molecule has 0 radical (unpaired) electrons. The molecule has 0 bridgehead atoms. The molecule has 3 nitrogen and oxygen atoms in total. The molecule has 0 aromatic carbocycles. The fourth-order valence-electron chi connectivity index (χ4n) is 0.0680. The van der Waals surface area contributed by atoms with E-state index >= 15 is 0 Å². The minimum atomic E-state index is -2.30. The van der Waals surface area contributed by atoms with Gasteiger partial charge in [0, 0.05) is 0 Å². The molecule has 0 unspecified atom stereocenters. The zero-order valence-electron chi connectivity index (χ0n) is 3.63. The van der Waals surface area contributed by atoms with Gasteiger partial charge in [0.05, 0.1) is 0 Å². The summed E-state index contributed by atoms with van der Waals surface area (Å²) in [6.45, 7) is 0. The van der Waals surface area contributed by atoms with Crippen LogP contribution in [0.2, 0.25) is 0 Å². The molecule has 0 N–H and O–H groups in total. The summed E-state index contributed by atoms with van der Waals surface area (Å²) in [5, 5.41) is 0. The van der Waals surface area contributed by atoms with Gasteiger partial charge in [0.15, 0.2) is 0 Å². The molecule has 0 saturated heterocycles. The second-order valence-electron chi connectivity index (χ2n) is 0.537. The molecule has 0 aliphatic rings. The average Bonchev–Trinajstić information content (AvgIpc) is 1.65. The van der Waals surface area contributed by atoms with E-state index in [1.807, 2.05) is 0 Å². The second kappa shape index (κ2) is 3.43. The standard InChI is InChI=1S/C2H6O3Se/c1-4-6(3)5-2/h1-2H3. The summed E-state index contributed by atoms with van der Waals surface area (Å²) in [4.78, 5) is 0. The summed E-state index contributed by atoms with van der Waals surface area (Å²) in [6, 6.07) is 0. The van der Waals surface area contributed by atoms with Crippen LogP contribution >= 0.6 is 0 Å². The van der Waals surface area contributed by atoms with E-state index < -0.39 is 14.5 Å². The van der Waals surface area contributed by atoms with Gasteiger partial charge < -0.3 is 0 Å². The molecular weight excluding hydrogens is 151 g/mol. The van der Waals surface area contributed by atoms with Crippen LogP contribution in [0.1, 0.15) is 0 Å². The Bertz CT molecular complexity index is 46.8. The van der Waals surface area contributed by atoms with Gasteiger partial charge >= 0.3 is 40.2 Å². The van der Waals surface area contributed by atoms with Crippen molar-refractivity contribution in [3.63, 3.8) is 0 Å². The van der Waals surface area contributed by atoms with Gasteiger partial charge in [0.25, 0.3) is 0 Å². The van der Waals surface area contributed by atoms with E-state index in [0.717, 1.165) is 0 Å². The summed E-state index contributed by atoms with van der Waals surface area (Å²) in [5.74, 6) is 0. The van der Waals surface area contributed by atoms with E-state index in [1.165, 1.54) is 14.2 Å². The van der Waals surface area contributed by atoms with E-state index in [1.54, 1.807) is 0 Å². The molecule has 0 amide bonds. The first-order chi connectivity index (χ1) is 2.81. The second-order valence-corrected chi connectivity index (χ2v) is 2.79. The zero-order chi connectivity index (χ0) is 4.99. The predicted octanol–water partition coefficient (Wildman–Crippen LogP) is -0.305. The van der Waals surface area contributed by atoms with Crippen molar-refractivity contribution in [1.29, 1.82) is 0 Å². The molecule has 0 aromatic heterocycles. The quantitative estimate of drug-likeness (QED) is 0.516. The van der Waals surface area contributed by atoms with Crippen LogP contribution in [0.5, 0.6) is 0 Å². The molecular formula is C2H6O3Se. The minimum absolute atomic E-state index is 1.35. The van der Waals surface area contributed by atoms with Crippen LogP contribution in [-0.2, 0) is 11.5 Å². The van der Waals surface area contributed by atoms with Crippen LogP contribution in [0, 0.1) is 0 Å². The summed E-state index contributed by atoms with van der Waals surface area (Å²) in [7, 11) is 2.70. The number of hydrogen-bond donors (Lipinski definition) is 0. The normalized spacial score (nSPS) is 9.83. The van der Waals surface area contributed by atoms with Crippen molar-refractivity contribution in [2.75, 3.05) is 14.2 Å². The average molecular weight is 157 g/mol. The van der Waals surface area contributed by atoms with Crippen molar-refractivity contribution in [1.82, 2.24) is 0 Å². The summed E-state index contributed by atoms with van der Waals surface area (Å²) in [5.41, 5.74) is 0. The van der Waals surface area contributed by atoms with Gasteiger partial charge in [-0.15, -0.1) is 0 Å². The van der Waals surface area contributed by atoms with Gasteiger partial charge in [-0.1, -0.05) is 0 Å². The Labute approximate surface area is 41.0 Å². The van der Waals surface area contributed by atoms with Gasteiger partial charge in [0.2, 0.25) is 0 Å². The molecule has 0 saturated carbocycles. The molecule has 0 rings (SSSR count). The molecule has 0 aromatic rings. The molecule has 0 fully saturated rings. The van der Waals surface area contributed by atoms with Crippen molar-refractivity contribution in [3.8, 4) is 0 Å². The summed E-state index contributed by atoms with van der Waals surface area (Å²) >= 11 is -2.30. The molecule has 0 aliphatic carbocycles. The fourth-order valence-corrected chi connectivity index (χ4v) is 0.354. The number of hydrogen-bond acceptors (Lipinski definition) is 3. The molecule has 38 valence electrons. The molecule has 4 heteroatoms. The molecule has 6 heavy (non-hydrogen) atoms. The third kappa shape index (κ3) is 2.48. The Balaban J connectivity index is 2.99. The van der Waals surface area contributed by atoms with E-state index in [0.29, 0.717) is 0 Å². The van der Waals surface area contributed by atoms with Gasteiger partial charge in [-0.25, -0.2) is 0 Å². The van der Waals surface area contributed by atoms with Crippen LogP contribution in [0.15, 0.2) is 0 Å². The van der Waals surface area contributed by atoms with Crippen LogP contribution < -0.4 is 0 Å². The summed E-state index contributed by atoms with van der Waals surface area (Å²) < 4.78 is 18.4. The Morgan fingerprint density at radius 1 is 1.33 bits per heavy atom. The van der Waals surface area contributed by atoms with Crippen LogP contribution in [-0.4, -0.2) is 28.7 Å². The molecule has 0 aliphatic heterocycles. The first kappa shape index (κ1) is 6.24.